The topological polar surface area (TPSA) is 26.3 Å². The molecule has 0 amide bonds. The summed E-state index contributed by atoms with van der Waals surface area (Å²) in [6, 6.07) is 1.80. The van der Waals surface area contributed by atoms with E-state index in [0.717, 1.165) is 9.40 Å². The summed E-state index contributed by atoms with van der Waals surface area (Å²) in [6.45, 7) is 5.56. The maximum Gasteiger partial charge on any atom is 0.348 e. The van der Waals surface area contributed by atoms with Crippen molar-refractivity contribution in [3.05, 3.63) is 21.3 Å². The highest BCUT2D eigenvalue weighted by Crippen LogP contribution is 2.37. The van der Waals surface area contributed by atoms with Gasteiger partial charge in [-0.1, -0.05) is 11.6 Å². The highest BCUT2D eigenvalue weighted by Gasteiger charge is 2.20. The number of hydrogen-bond acceptors (Lipinski definition) is 4. The molecule has 16 heavy (non-hydrogen) atoms. The van der Waals surface area contributed by atoms with Crippen molar-refractivity contribution in [1.82, 2.24) is 0 Å². The maximum absolute atomic E-state index is 11.8. The Morgan fingerprint density at radius 3 is 2.69 bits per heavy atom. The fraction of sp³-hybridized carbons (Fsp3) is 0.364. The van der Waals surface area contributed by atoms with Crippen molar-refractivity contribution in [2.24, 2.45) is 0 Å². The van der Waals surface area contributed by atoms with Crippen LogP contribution >= 0.6 is 34.3 Å². The van der Waals surface area contributed by atoms with E-state index >= 15 is 0 Å². The van der Waals surface area contributed by atoms with Crippen molar-refractivity contribution < 1.29 is 9.53 Å². The SMILES string of the molecule is CC(C)(C)OC(=O)c1cc2c(Cl)csc2s1. The Bertz CT molecular complexity index is 534. The van der Waals surface area contributed by atoms with Crippen LogP contribution in [0.2, 0.25) is 5.02 Å². The van der Waals surface area contributed by atoms with Gasteiger partial charge < -0.3 is 4.74 Å². The summed E-state index contributed by atoms with van der Waals surface area (Å²) in [5, 5.41) is 3.52. The molecular formula is C11H11ClO2S2. The van der Waals surface area contributed by atoms with E-state index in [1.807, 2.05) is 26.2 Å². The Hall–Kier alpha value is -0.580. The summed E-state index contributed by atoms with van der Waals surface area (Å²) < 4.78 is 6.36. The highest BCUT2D eigenvalue weighted by atomic mass is 35.5. The molecule has 0 atom stereocenters. The molecule has 86 valence electrons. The van der Waals surface area contributed by atoms with E-state index in [-0.39, 0.29) is 5.97 Å². The summed E-state index contributed by atoms with van der Waals surface area (Å²) >= 11 is 8.96. The summed E-state index contributed by atoms with van der Waals surface area (Å²) in [4.78, 5) is 12.4. The van der Waals surface area contributed by atoms with Crippen molar-refractivity contribution in [2.75, 3.05) is 0 Å². The van der Waals surface area contributed by atoms with Crippen LogP contribution in [-0.2, 0) is 4.74 Å². The standard InChI is InChI=1S/C11H11ClO2S2/c1-11(2,3)14-9(13)8-4-6-7(12)5-15-10(6)16-8/h4-5H,1-3H3. The summed E-state index contributed by atoms with van der Waals surface area (Å²) in [5.41, 5.74) is -0.460. The summed E-state index contributed by atoms with van der Waals surface area (Å²) in [7, 11) is 0. The number of thiophene rings is 2. The Kier molecular flexibility index (Phi) is 2.99. The van der Waals surface area contributed by atoms with Gasteiger partial charge in [0.25, 0.3) is 0 Å². The van der Waals surface area contributed by atoms with E-state index in [9.17, 15) is 4.79 Å². The lowest BCUT2D eigenvalue weighted by atomic mass is 10.2. The second-order valence-electron chi connectivity index (χ2n) is 4.40. The molecule has 0 fully saturated rings. The third-order valence-electron chi connectivity index (χ3n) is 1.82. The largest absolute Gasteiger partial charge is 0.456 e. The number of halogens is 1. The predicted octanol–water partition coefficient (Wildman–Crippen LogP) is 4.57. The van der Waals surface area contributed by atoms with Crippen LogP contribution < -0.4 is 0 Å². The molecule has 0 spiro atoms. The Labute approximate surface area is 107 Å². The quantitative estimate of drug-likeness (QED) is 0.712. The van der Waals surface area contributed by atoms with Crippen LogP contribution in [0.25, 0.3) is 9.40 Å². The van der Waals surface area contributed by atoms with E-state index in [1.165, 1.54) is 11.3 Å². The van der Waals surface area contributed by atoms with Gasteiger partial charge in [-0.05, 0) is 26.8 Å². The van der Waals surface area contributed by atoms with E-state index in [1.54, 1.807) is 17.4 Å². The zero-order valence-electron chi connectivity index (χ0n) is 9.17. The van der Waals surface area contributed by atoms with Crippen LogP contribution in [-0.4, -0.2) is 11.6 Å². The summed E-state index contributed by atoms with van der Waals surface area (Å²) in [5.74, 6) is -0.281. The fourth-order valence-corrected chi connectivity index (χ4v) is 3.64. The molecule has 0 aliphatic carbocycles. The molecule has 2 heterocycles. The normalized spacial score (nSPS) is 12.0. The first-order valence-electron chi connectivity index (χ1n) is 4.77. The van der Waals surface area contributed by atoms with Crippen molar-refractivity contribution in [1.29, 1.82) is 0 Å². The van der Waals surface area contributed by atoms with Gasteiger partial charge in [0.05, 0.1) is 9.04 Å². The lowest BCUT2D eigenvalue weighted by Crippen LogP contribution is -2.23. The minimum atomic E-state index is -0.460. The number of carbonyl (C=O) groups excluding carboxylic acids is 1. The number of hydrogen-bond donors (Lipinski definition) is 0. The highest BCUT2D eigenvalue weighted by molar-refractivity contribution is 7.38. The van der Waals surface area contributed by atoms with Gasteiger partial charge in [0.1, 0.15) is 10.5 Å². The van der Waals surface area contributed by atoms with Gasteiger partial charge in [0.15, 0.2) is 0 Å². The molecule has 0 aliphatic heterocycles. The Morgan fingerprint density at radius 1 is 1.44 bits per heavy atom. The predicted molar refractivity (Wildman–Crippen MR) is 69.9 cm³/mol. The Balaban J connectivity index is 2.30. The van der Waals surface area contributed by atoms with Gasteiger partial charge in [-0.15, -0.1) is 22.7 Å². The molecular weight excluding hydrogens is 264 g/mol. The number of fused-ring (bicyclic) bond motifs is 1. The minimum Gasteiger partial charge on any atom is -0.456 e. The van der Waals surface area contributed by atoms with Crippen molar-refractivity contribution in [2.45, 2.75) is 26.4 Å². The van der Waals surface area contributed by atoms with Crippen molar-refractivity contribution >= 4 is 49.6 Å². The molecule has 0 saturated heterocycles. The van der Waals surface area contributed by atoms with Gasteiger partial charge >= 0.3 is 5.97 Å². The van der Waals surface area contributed by atoms with E-state index in [0.29, 0.717) is 9.90 Å². The van der Waals surface area contributed by atoms with E-state index in [4.69, 9.17) is 16.3 Å². The Morgan fingerprint density at radius 2 is 2.12 bits per heavy atom. The summed E-state index contributed by atoms with van der Waals surface area (Å²) in [6.07, 6.45) is 0. The van der Waals surface area contributed by atoms with Gasteiger partial charge in [-0.2, -0.15) is 0 Å². The second-order valence-corrected chi connectivity index (χ2v) is 6.99. The first kappa shape index (κ1) is 11.9. The molecule has 5 heteroatoms. The molecule has 0 radical (unpaired) electrons. The van der Waals surface area contributed by atoms with Crippen molar-refractivity contribution in [3.8, 4) is 0 Å². The number of rotatable bonds is 1. The minimum absolute atomic E-state index is 0.281. The molecule has 2 aromatic rings. The monoisotopic (exact) mass is 274 g/mol. The zero-order valence-corrected chi connectivity index (χ0v) is 11.6. The van der Waals surface area contributed by atoms with Crippen LogP contribution in [0.1, 0.15) is 30.4 Å². The lowest BCUT2D eigenvalue weighted by molar-refractivity contribution is 0.00753. The third kappa shape index (κ3) is 2.39. The smallest absolute Gasteiger partial charge is 0.348 e. The fourth-order valence-electron chi connectivity index (χ4n) is 1.23. The van der Waals surface area contributed by atoms with Crippen LogP contribution in [0.3, 0.4) is 0 Å². The van der Waals surface area contributed by atoms with E-state index in [2.05, 4.69) is 0 Å². The van der Waals surface area contributed by atoms with Gasteiger partial charge in [-0.3, -0.25) is 0 Å². The van der Waals surface area contributed by atoms with Crippen LogP contribution in [0.5, 0.6) is 0 Å². The average molecular weight is 275 g/mol. The molecule has 2 nitrogen and oxygen atoms in total. The molecule has 0 aromatic carbocycles. The first-order chi connectivity index (χ1) is 7.37. The van der Waals surface area contributed by atoms with Crippen LogP contribution in [0.4, 0.5) is 0 Å². The van der Waals surface area contributed by atoms with Gasteiger partial charge in [0, 0.05) is 10.8 Å². The molecule has 0 unspecified atom stereocenters. The molecule has 2 aromatic heterocycles. The molecule has 0 bridgehead atoms. The second kappa shape index (κ2) is 4.02. The van der Waals surface area contributed by atoms with Crippen molar-refractivity contribution in [3.63, 3.8) is 0 Å². The molecule has 2 rings (SSSR count). The number of ether oxygens (including phenoxy) is 1. The van der Waals surface area contributed by atoms with Crippen LogP contribution in [0.15, 0.2) is 11.4 Å². The van der Waals surface area contributed by atoms with Gasteiger partial charge in [-0.25, -0.2) is 4.79 Å². The number of esters is 1. The third-order valence-corrected chi connectivity index (χ3v) is 4.50. The maximum atomic E-state index is 11.8. The zero-order chi connectivity index (χ0) is 11.9. The van der Waals surface area contributed by atoms with E-state index < -0.39 is 5.60 Å². The molecule has 0 N–H and O–H groups in total. The average Bonchev–Trinajstić information content (AvgIpc) is 2.65. The van der Waals surface area contributed by atoms with Gasteiger partial charge in [0.2, 0.25) is 0 Å². The molecule has 0 aliphatic rings. The first-order valence-corrected chi connectivity index (χ1v) is 6.84. The lowest BCUT2D eigenvalue weighted by Gasteiger charge is -2.18. The number of carbonyl (C=O) groups is 1. The molecule has 0 saturated carbocycles. The van der Waals surface area contributed by atoms with Crippen LogP contribution in [0, 0.1) is 0 Å².